The van der Waals surface area contributed by atoms with Gasteiger partial charge in [-0.25, -0.2) is 0 Å². The highest BCUT2D eigenvalue weighted by atomic mass is 79.9. The van der Waals surface area contributed by atoms with Gasteiger partial charge in [-0.05, 0) is 32.2 Å². The Kier molecular flexibility index (Phi) is 2.22. The summed E-state index contributed by atoms with van der Waals surface area (Å²) in [6.07, 6.45) is 3.84. The lowest BCUT2D eigenvalue weighted by Gasteiger charge is -2.39. The van der Waals surface area contributed by atoms with Crippen LogP contribution in [0.1, 0.15) is 19.3 Å². The van der Waals surface area contributed by atoms with Crippen LogP contribution in [-0.2, 0) is 4.74 Å². The maximum Gasteiger partial charge on any atom is 0.133 e. The van der Waals surface area contributed by atoms with Crippen molar-refractivity contribution in [1.82, 2.24) is 4.90 Å². The number of methoxy groups -OCH3 is 1. The molecule has 0 amide bonds. The second-order valence-corrected chi connectivity index (χ2v) is 4.97. The quantitative estimate of drug-likeness (QED) is 0.642. The Labute approximate surface area is 82.4 Å². The zero-order valence-corrected chi connectivity index (χ0v) is 9.30. The fraction of sp³-hybridized carbons (Fsp3) is 1.00. The van der Waals surface area contributed by atoms with Gasteiger partial charge in [-0.1, -0.05) is 15.9 Å². The highest BCUT2D eigenvalue weighted by molar-refractivity contribution is 9.09. The minimum Gasteiger partial charge on any atom is -0.362 e. The zero-order chi connectivity index (χ0) is 8.77. The molecule has 0 spiro atoms. The lowest BCUT2D eigenvalue weighted by atomic mass is 9.87. The smallest absolute Gasteiger partial charge is 0.133 e. The summed E-state index contributed by atoms with van der Waals surface area (Å²) in [7, 11) is 4.00. The molecule has 1 heterocycles. The van der Waals surface area contributed by atoms with Gasteiger partial charge in [0.25, 0.3) is 0 Å². The number of alkyl halides is 1. The monoisotopic (exact) mass is 233 g/mol. The first-order valence-electron chi connectivity index (χ1n) is 4.61. The molecule has 2 bridgehead atoms. The predicted molar refractivity (Wildman–Crippen MR) is 52.4 cm³/mol. The van der Waals surface area contributed by atoms with Crippen molar-refractivity contribution < 1.29 is 4.74 Å². The largest absolute Gasteiger partial charge is 0.362 e. The normalized spacial score (nSPS) is 48.2. The number of hydrogen-bond acceptors (Lipinski definition) is 2. The molecule has 0 N–H and O–H groups in total. The second kappa shape index (κ2) is 2.96. The fourth-order valence-electron chi connectivity index (χ4n) is 2.73. The minimum atomic E-state index is 0.00289. The molecule has 0 aromatic heterocycles. The van der Waals surface area contributed by atoms with Crippen molar-refractivity contribution in [2.75, 3.05) is 20.7 Å². The standard InChI is InChI=1S/C9H16BrNO/c1-11-6-7-4-3-5-9(11,12-2)8(7)10/h7-8H,3-6H2,1-2H3/t7-,8+,9+/m0/s1. The molecular weight excluding hydrogens is 218 g/mol. The van der Waals surface area contributed by atoms with Gasteiger partial charge >= 0.3 is 0 Å². The van der Waals surface area contributed by atoms with E-state index in [0.29, 0.717) is 4.83 Å². The van der Waals surface area contributed by atoms with E-state index in [1.54, 1.807) is 0 Å². The maximum absolute atomic E-state index is 5.67. The van der Waals surface area contributed by atoms with E-state index in [-0.39, 0.29) is 5.72 Å². The molecule has 1 saturated heterocycles. The molecular formula is C9H16BrNO. The highest BCUT2D eigenvalue weighted by Crippen LogP contribution is 2.47. The number of fused-ring (bicyclic) bond motifs is 2. The number of nitrogens with zero attached hydrogens (tertiary/aromatic N) is 1. The number of hydrogen-bond donors (Lipinski definition) is 0. The Morgan fingerprint density at radius 2 is 2.33 bits per heavy atom. The Balaban J connectivity index is 2.27. The van der Waals surface area contributed by atoms with Crippen molar-refractivity contribution >= 4 is 15.9 Å². The van der Waals surface area contributed by atoms with E-state index in [2.05, 4.69) is 27.9 Å². The van der Waals surface area contributed by atoms with E-state index >= 15 is 0 Å². The molecule has 2 aliphatic rings. The number of ether oxygens (including phenoxy) is 1. The fourth-order valence-corrected chi connectivity index (χ4v) is 3.93. The summed E-state index contributed by atoms with van der Waals surface area (Å²) in [5, 5.41) is 0. The number of halogens is 1. The van der Waals surface area contributed by atoms with Crippen LogP contribution in [0.4, 0.5) is 0 Å². The van der Waals surface area contributed by atoms with Gasteiger partial charge in [0.15, 0.2) is 0 Å². The van der Waals surface area contributed by atoms with Crippen molar-refractivity contribution in [2.24, 2.45) is 5.92 Å². The van der Waals surface area contributed by atoms with Gasteiger partial charge in [0, 0.05) is 13.7 Å². The van der Waals surface area contributed by atoms with Crippen LogP contribution in [0.25, 0.3) is 0 Å². The van der Waals surface area contributed by atoms with Gasteiger partial charge in [-0.2, -0.15) is 0 Å². The third kappa shape index (κ3) is 0.994. The van der Waals surface area contributed by atoms with Crippen molar-refractivity contribution in [3.05, 3.63) is 0 Å². The average molecular weight is 234 g/mol. The first kappa shape index (κ1) is 8.97. The van der Waals surface area contributed by atoms with Gasteiger partial charge < -0.3 is 4.74 Å². The first-order chi connectivity index (χ1) is 5.70. The van der Waals surface area contributed by atoms with Crippen molar-refractivity contribution in [3.63, 3.8) is 0 Å². The predicted octanol–water partition coefficient (Wildman–Crippen LogP) is 1.84. The molecule has 12 heavy (non-hydrogen) atoms. The Hall–Kier alpha value is 0.400. The second-order valence-electron chi connectivity index (χ2n) is 3.98. The van der Waals surface area contributed by atoms with E-state index in [1.165, 1.54) is 25.8 Å². The van der Waals surface area contributed by atoms with Gasteiger partial charge in [0.1, 0.15) is 5.72 Å². The Morgan fingerprint density at radius 3 is 2.92 bits per heavy atom. The minimum absolute atomic E-state index is 0.00289. The molecule has 3 atom stereocenters. The van der Waals surface area contributed by atoms with Crippen LogP contribution in [0.3, 0.4) is 0 Å². The van der Waals surface area contributed by atoms with Crippen molar-refractivity contribution in [1.29, 1.82) is 0 Å². The molecule has 0 radical (unpaired) electrons. The SMILES string of the molecule is CO[C@@]12CCC[C@@H](CN1C)[C@H]2Br. The third-order valence-corrected chi connectivity index (χ3v) is 4.93. The van der Waals surface area contributed by atoms with E-state index in [9.17, 15) is 0 Å². The van der Waals surface area contributed by atoms with Gasteiger partial charge in [-0.15, -0.1) is 0 Å². The molecule has 1 aliphatic carbocycles. The zero-order valence-electron chi connectivity index (χ0n) is 7.72. The Morgan fingerprint density at radius 1 is 1.58 bits per heavy atom. The van der Waals surface area contributed by atoms with E-state index < -0.39 is 0 Å². The van der Waals surface area contributed by atoms with Crippen LogP contribution in [0.15, 0.2) is 0 Å². The van der Waals surface area contributed by atoms with Crippen molar-refractivity contribution in [2.45, 2.75) is 29.8 Å². The molecule has 1 saturated carbocycles. The molecule has 0 aromatic carbocycles. The van der Waals surface area contributed by atoms with Crippen LogP contribution in [0.2, 0.25) is 0 Å². The summed E-state index contributed by atoms with van der Waals surface area (Å²) >= 11 is 3.77. The van der Waals surface area contributed by atoms with Crippen LogP contribution in [-0.4, -0.2) is 36.2 Å². The molecule has 2 rings (SSSR count). The van der Waals surface area contributed by atoms with Crippen molar-refractivity contribution in [3.8, 4) is 0 Å². The lowest BCUT2D eigenvalue weighted by Crippen LogP contribution is -2.49. The lowest BCUT2D eigenvalue weighted by molar-refractivity contribution is -0.106. The molecule has 2 nitrogen and oxygen atoms in total. The van der Waals surface area contributed by atoms with Gasteiger partial charge in [0.2, 0.25) is 0 Å². The first-order valence-corrected chi connectivity index (χ1v) is 5.53. The molecule has 70 valence electrons. The Bertz CT molecular complexity index is 187. The van der Waals surface area contributed by atoms with Crippen LogP contribution in [0.5, 0.6) is 0 Å². The third-order valence-electron chi connectivity index (χ3n) is 3.46. The number of rotatable bonds is 1. The summed E-state index contributed by atoms with van der Waals surface area (Å²) in [6.45, 7) is 1.18. The molecule has 2 fully saturated rings. The topological polar surface area (TPSA) is 12.5 Å². The van der Waals surface area contributed by atoms with Crippen LogP contribution < -0.4 is 0 Å². The van der Waals surface area contributed by atoms with E-state index in [1.807, 2.05) is 7.11 Å². The van der Waals surface area contributed by atoms with Crippen LogP contribution >= 0.6 is 15.9 Å². The molecule has 0 unspecified atom stereocenters. The summed E-state index contributed by atoms with van der Waals surface area (Å²) in [5.74, 6) is 0.795. The van der Waals surface area contributed by atoms with Gasteiger partial charge in [-0.3, -0.25) is 4.90 Å². The summed E-state index contributed by atoms with van der Waals surface area (Å²) in [6, 6.07) is 0. The summed E-state index contributed by atoms with van der Waals surface area (Å²) < 4.78 is 5.67. The highest BCUT2D eigenvalue weighted by Gasteiger charge is 2.53. The average Bonchev–Trinajstić information content (AvgIpc) is 2.23. The van der Waals surface area contributed by atoms with Gasteiger partial charge in [0.05, 0.1) is 4.83 Å². The van der Waals surface area contributed by atoms with E-state index in [0.717, 1.165) is 5.92 Å². The molecule has 3 heteroatoms. The summed E-state index contributed by atoms with van der Waals surface area (Å²) in [4.78, 5) is 2.90. The molecule has 0 aromatic rings. The maximum atomic E-state index is 5.67. The number of likely N-dealkylation sites (tertiary alicyclic amines) is 1. The molecule has 1 aliphatic heterocycles. The van der Waals surface area contributed by atoms with Crippen LogP contribution in [0, 0.1) is 5.92 Å². The summed E-state index contributed by atoms with van der Waals surface area (Å²) in [5.41, 5.74) is 0.00289. The van der Waals surface area contributed by atoms with E-state index in [4.69, 9.17) is 4.74 Å².